The number of amides is 1. The molecular weight excluding hydrogens is 346 g/mol. The molecule has 1 fully saturated rings. The van der Waals surface area contributed by atoms with Gasteiger partial charge < -0.3 is 9.47 Å². The fraction of sp³-hybridized carbons (Fsp3) is 0.294. The van der Waals surface area contributed by atoms with Crippen LogP contribution in [0.2, 0.25) is 0 Å². The van der Waals surface area contributed by atoms with Gasteiger partial charge in [0.1, 0.15) is 0 Å². The Balaban J connectivity index is 2.38. The van der Waals surface area contributed by atoms with Crippen LogP contribution in [-0.4, -0.2) is 37.5 Å². The number of cyclic esters (lactones) is 1. The molecule has 0 bridgehead atoms. The van der Waals surface area contributed by atoms with E-state index in [0.717, 1.165) is 5.56 Å². The first-order valence-electron chi connectivity index (χ1n) is 7.27. The molecule has 1 atom stereocenters. The Hall–Kier alpha value is -2.79. The Morgan fingerprint density at radius 3 is 2.52 bits per heavy atom. The molecule has 0 aromatic heterocycles. The Morgan fingerprint density at radius 2 is 2.00 bits per heavy atom. The number of esters is 1. The molecule has 2 rings (SSSR count). The molecule has 1 aromatic carbocycles. The van der Waals surface area contributed by atoms with E-state index in [1.165, 1.54) is 19.2 Å². The van der Waals surface area contributed by atoms with Crippen molar-refractivity contribution in [2.75, 3.05) is 7.11 Å². The maximum absolute atomic E-state index is 12.8. The van der Waals surface area contributed by atoms with Gasteiger partial charge >= 0.3 is 12.1 Å². The van der Waals surface area contributed by atoms with Gasteiger partial charge in [-0.25, -0.2) is 13.2 Å². The van der Waals surface area contributed by atoms with Crippen LogP contribution >= 0.6 is 0 Å². The minimum absolute atomic E-state index is 0.100. The summed E-state index contributed by atoms with van der Waals surface area (Å²) in [6.07, 6.45) is 3.99. The number of sulfonamides is 1. The highest BCUT2D eigenvalue weighted by Crippen LogP contribution is 2.39. The Kier molecular flexibility index (Phi) is 4.90. The van der Waals surface area contributed by atoms with E-state index in [1.54, 1.807) is 19.1 Å². The molecular formula is C17H17NO6S. The van der Waals surface area contributed by atoms with Crippen LogP contribution in [0, 0.1) is 19.3 Å². The van der Waals surface area contributed by atoms with Crippen LogP contribution in [0.3, 0.4) is 0 Å². The van der Waals surface area contributed by atoms with E-state index in [4.69, 9.17) is 11.2 Å². The molecule has 1 unspecified atom stereocenters. The second kappa shape index (κ2) is 6.61. The van der Waals surface area contributed by atoms with E-state index in [2.05, 4.69) is 17.2 Å². The first-order valence-corrected chi connectivity index (χ1v) is 8.71. The van der Waals surface area contributed by atoms with Crippen molar-refractivity contribution >= 4 is 22.1 Å². The molecule has 0 saturated carbocycles. The fourth-order valence-electron chi connectivity index (χ4n) is 2.34. The summed E-state index contributed by atoms with van der Waals surface area (Å²) in [5.74, 6) is 1.67. The lowest BCUT2D eigenvalue weighted by molar-refractivity contribution is -0.141. The number of hydrogen-bond donors (Lipinski definition) is 0. The van der Waals surface area contributed by atoms with Crippen molar-refractivity contribution in [3.8, 4) is 12.3 Å². The zero-order valence-electron chi connectivity index (χ0n) is 13.8. The molecule has 0 aliphatic carbocycles. The van der Waals surface area contributed by atoms with Gasteiger partial charge in [0, 0.05) is 6.42 Å². The van der Waals surface area contributed by atoms with Gasteiger partial charge in [0.05, 0.1) is 24.1 Å². The molecule has 1 amide bonds. The molecule has 25 heavy (non-hydrogen) atoms. The lowest BCUT2D eigenvalue weighted by Gasteiger charge is -2.22. The van der Waals surface area contributed by atoms with Crippen molar-refractivity contribution < 1.29 is 27.5 Å². The third kappa shape index (κ3) is 3.23. The van der Waals surface area contributed by atoms with E-state index in [0.29, 0.717) is 4.31 Å². The number of ether oxygens (including phenoxy) is 2. The number of methoxy groups -OCH3 is 1. The van der Waals surface area contributed by atoms with Crippen molar-refractivity contribution in [2.24, 2.45) is 0 Å². The zero-order valence-corrected chi connectivity index (χ0v) is 14.6. The highest BCUT2D eigenvalue weighted by atomic mass is 32.2. The van der Waals surface area contributed by atoms with Crippen LogP contribution in [0.15, 0.2) is 41.4 Å². The zero-order chi connectivity index (χ0) is 18.8. The third-order valence-corrected chi connectivity index (χ3v) is 5.56. The predicted molar refractivity (Wildman–Crippen MR) is 88.6 cm³/mol. The average Bonchev–Trinajstić information content (AvgIpc) is 2.84. The van der Waals surface area contributed by atoms with Gasteiger partial charge in [-0.3, -0.25) is 4.79 Å². The van der Waals surface area contributed by atoms with Gasteiger partial charge in [-0.1, -0.05) is 30.2 Å². The van der Waals surface area contributed by atoms with Crippen molar-refractivity contribution in [2.45, 2.75) is 30.3 Å². The van der Waals surface area contributed by atoms with Crippen molar-refractivity contribution in [1.82, 2.24) is 4.31 Å². The Morgan fingerprint density at radius 1 is 1.40 bits per heavy atom. The SMILES string of the molecule is C#CC1(CCC(=O)OC)OC(=O)N(S(=O)(=O)c2ccc(C)cc2)C1=C. The van der Waals surface area contributed by atoms with Crippen LogP contribution in [-0.2, 0) is 24.3 Å². The topological polar surface area (TPSA) is 90.0 Å². The number of nitrogens with zero attached hydrogens (tertiary/aromatic N) is 1. The Bertz CT molecular complexity index is 865. The summed E-state index contributed by atoms with van der Waals surface area (Å²) in [5, 5.41) is 0. The van der Waals surface area contributed by atoms with Crippen molar-refractivity contribution in [3.05, 3.63) is 42.1 Å². The number of carbonyl (C=O) groups is 2. The first-order chi connectivity index (χ1) is 11.7. The fourth-order valence-corrected chi connectivity index (χ4v) is 3.70. The summed E-state index contributed by atoms with van der Waals surface area (Å²) in [6, 6.07) is 5.94. The minimum atomic E-state index is -4.23. The average molecular weight is 363 g/mol. The smallest absolute Gasteiger partial charge is 0.430 e. The summed E-state index contributed by atoms with van der Waals surface area (Å²) in [5.41, 5.74) is -1.09. The Labute approximate surface area is 146 Å². The first kappa shape index (κ1) is 18.5. The number of benzene rings is 1. The third-order valence-electron chi connectivity index (χ3n) is 3.84. The van der Waals surface area contributed by atoms with Gasteiger partial charge in [-0.2, -0.15) is 4.31 Å². The maximum atomic E-state index is 12.8. The van der Waals surface area contributed by atoms with Crippen LogP contribution in [0.5, 0.6) is 0 Å². The van der Waals surface area contributed by atoms with E-state index < -0.39 is 27.7 Å². The molecule has 1 aliphatic rings. The minimum Gasteiger partial charge on any atom is -0.469 e. The van der Waals surface area contributed by atoms with Crippen LogP contribution in [0.25, 0.3) is 0 Å². The maximum Gasteiger partial charge on any atom is 0.430 e. The van der Waals surface area contributed by atoms with Crippen LogP contribution in [0.1, 0.15) is 18.4 Å². The molecule has 7 nitrogen and oxygen atoms in total. The summed E-state index contributed by atoms with van der Waals surface area (Å²) in [7, 11) is -3.03. The molecule has 1 aromatic rings. The molecule has 0 N–H and O–H groups in total. The number of rotatable bonds is 5. The van der Waals surface area contributed by atoms with Crippen LogP contribution < -0.4 is 0 Å². The highest BCUT2D eigenvalue weighted by molar-refractivity contribution is 7.89. The predicted octanol–water partition coefficient (Wildman–Crippen LogP) is 1.97. The van der Waals surface area contributed by atoms with Crippen LogP contribution in [0.4, 0.5) is 4.79 Å². The van der Waals surface area contributed by atoms with Gasteiger partial charge in [0.2, 0.25) is 5.60 Å². The molecule has 1 heterocycles. The van der Waals surface area contributed by atoms with E-state index in [9.17, 15) is 18.0 Å². The molecule has 0 spiro atoms. The monoisotopic (exact) mass is 363 g/mol. The van der Waals surface area contributed by atoms with Gasteiger partial charge in [-0.05, 0) is 19.1 Å². The summed E-state index contributed by atoms with van der Waals surface area (Å²) >= 11 is 0. The number of carbonyl (C=O) groups excluding carboxylic acids is 2. The number of terminal acetylenes is 1. The largest absolute Gasteiger partial charge is 0.469 e. The molecule has 1 saturated heterocycles. The number of hydrogen-bond acceptors (Lipinski definition) is 6. The van der Waals surface area contributed by atoms with E-state index in [1.807, 2.05) is 0 Å². The number of aryl methyl sites for hydroxylation is 1. The van der Waals surface area contributed by atoms with Gasteiger partial charge in [-0.15, -0.1) is 6.42 Å². The quantitative estimate of drug-likeness (QED) is 0.587. The summed E-state index contributed by atoms with van der Waals surface area (Å²) < 4.78 is 35.6. The normalized spacial score (nSPS) is 20.1. The van der Waals surface area contributed by atoms with Gasteiger partial charge in [0.15, 0.2) is 0 Å². The molecule has 1 aliphatic heterocycles. The summed E-state index contributed by atoms with van der Waals surface area (Å²) in [6.45, 7) is 5.43. The van der Waals surface area contributed by atoms with Gasteiger partial charge in [0.25, 0.3) is 10.0 Å². The van der Waals surface area contributed by atoms with Crippen molar-refractivity contribution in [3.63, 3.8) is 0 Å². The lowest BCUT2D eigenvalue weighted by Crippen LogP contribution is -2.34. The second-order valence-electron chi connectivity index (χ2n) is 5.44. The van der Waals surface area contributed by atoms with E-state index in [-0.39, 0.29) is 23.4 Å². The molecule has 132 valence electrons. The van der Waals surface area contributed by atoms with Crippen molar-refractivity contribution in [1.29, 1.82) is 0 Å². The molecule has 8 heteroatoms. The molecule has 0 radical (unpaired) electrons. The van der Waals surface area contributed by atoms with E-state index >= 15 is 0 Å². The summed E-state index contributed by atoms with van der Waals surface area (Å²) in [4.78, 5) is 23.5. The standard InChI is InChI=1S/C17H17NO6S/c1-5-17(11-10-15(19)23-4)13(3)18(16(20)24-17)25(21,22)14-8-6-12(2)7-9-14/h1,6-9H,3,10-11H2,2,4H3. The highest BCUT2D eigenvalue weighted by Gasteiger charge is 2.53. The second-order valence-corrected chi connectivity index (χ2v) is 7.23. The lowest BCUT2D eigenvalue weighted by atomic mass is 9.96.